The zero-order valence-corrected chi connectivity index (χ0v) is 17.3. The molecule has 1 amide bonds. The van der Waals surface area contributed by atoms with Crippen molar-refractivity contribution in [3.63, 3.8) is 0 Å². The highest BCUT2D eigenvalue weighted by Crippen LogP contribution is 2.49. The van der Waals surface area contributed by atoms with Gasteiger partial charge in [-0.15, -0.1) is 0 Å². The normalized spacial score (nSPS) is 22.5. The van der Waals surface area contributed by atoms with Gasteiger partial charge < -0.3 is 14.4 Å². The van der Waals surface area contributed by atoms with Crippen molar-refractivity contribution in [2.75, 3.05) is 19.7 Å². The standard InChI is InChI=1S/C21H30N4O3/c1-14-23-17(13-22)12-19(24-14)27-10-7-16-11-18(16)15-5-8-25(9-6-15)20(26)28-21(2,3)4/h12,15-16,18H,5-11H2,1-4H3. The first-order chi connectivity index (χ1) is 13.2. The van der Waals surface area contributed by atoms with Gasteiger partial charge in [0, 0.05) is 19.2 Å². The zero-order chi connectivity index (χ0) is 20.3. The van der Waals surface area contributed by atoms with E-state index in [0.29, 0.717) is 35.8 Å². The zero-order valence-electron chi connectivity index (χ0n) is 17.3. The van der Waals surface area contributed by atoms with Gasteiger partial charge in [0.05, 0.1) is 6.61 Å². The lowest BCUT2D eigenvalue weighted by molar-refractivity contribution is 0.0174. The predicted octanol–water partition coefficient (Wildman–Crippen LogP) is 3.71. The average Bonchev–Trinajstić information content (AvgIpc) is 3.39. The van der Waals surface area contributed by atoms with Gasteiger partial charge >= 0.3 is 6.09 Å². The Labute approximate surface area is 167 Å². The molecule has 28 heavy (non-hydrogen) atoms. The third kappa shape index (κ3) is 5.57. The molecule has 1 saturated carbocycles. The van der Waals surface area contributed by atoms with Crippen LogP contribution in [0.3, 0.4) is 0 Å². The summed E-state index contributed by atoms with van der Waals surface area (Å²) in [4.78, 5) is 22.3. The van der Waals surface area contributed by atoms with E-state index >= 15 is 0 Å². The molecule has 2 heterocycles. The van der Waals surface area contributed by atoms with Crippen molar-refractivity contribution in [1.82, 2.24) is 14.9 Å². The van der Waals surface area contributed by atoms with Crippen LogP contribution in [0.2, 0.25) is 0 Å². The average molecular weight is 386 g/mol. The van der Waals surface area contributed by atoms with Crippen molar-refractivity contribution in [1.29, 1.82) is 5.26 Å². The number of aryl methyl sites for hydroxylation is 1. The molecule has 152 valence electrons. The maximum absolute atomic E-state index is 12.2. The van der Waals surface area contributed by atoms with Crippen molar-refractivity contribution in [2.45, 2.75) is 59.0 Å². The smallest absolute Gasteiger partial charge is 0.410 e. The van der Waals surface area contributed by atoms with Crippen LogP contribution in [0.25, 0.3) is 0 Å². The van der Waals surface area contributed by atoms with Gasteiger partial charge in [-0.1, -0.05) is 0 Å². The van der Waals surface area contributed by atoms with Crippen LogP contribution in [0.4, 0.5) is 4.79 Å². The number of carbonyl (C=O) groups is 1. The number of ether oxygens (including phenoxy) is 2. The Morgan fingerprint density at radius 2 is 2.04 bits per heavy atom. The van der Waals surface area contributed by atoms with Crippen molar-refractivity contribution in [3.05, 3.63) is 17.6 Å². The molecule has 2 unspecified atom stereocenters. The molecule has 1 aliphatic carbocycles. The highest BCUT2D eigenvalue weighted by Gasteiger charge is 2.43. The SMILES string of the molecule is Cc1nc(C#N)cc(OCCC2CC2C2CCN(C(=O)OC(C)(C)C)CC2)n1. The molecule has 7 heteroatoms. The van der Waals surface area contributed by atoms with Gasteiger partial charge in [0.2, 0.25) is 5.88 Å². The largest absolute Gasteiger partial charge is 0.478 e. The minimum absolute atomic E-state index is 0.191. The van der Waals surface area contributed by atoms with Crippen molar-refractivity contribution < 1.29 is 14.3 Å². The van der Waals surface area contributed by atoms with Crippen LogP contribution < -0.4 is 4.74 Å². The molecule has 2 atom stereocenters. The molecule has 0 radical (unpaired) electrons. The lowest BCUT2D eigenvalue weighted by atomic mass is 9.90. The molecule has 2 fully saturated rings. The van der Waals surface area contributed by atoms with Crippen LogP contribution in [-0.2, 0) is 4.74 Å². The molecule has 1 saturated heterocycles. The third-order valence-electron chi connectivity index (χ3n) is 5.44. The number of piperidine rings is 1. The first kappa shape index (κ1) is 20.4. The summed E-state index contributed by atoms with van der Waals surface area (Å²) < 4.78 is 11.2. The van der Waals surface area contributed by atoms with Crippen LogP contribution in [0.15, 0.2) is 6.07 Å². The van der Waals surface area contributed by atoms with Crippen LogP contribution >= 0.6 is 0 Å². The van der Waals surface area contributed by atoms with Gasteiger partial charge in [-0.2, -0.15) is 10.2 Å². The summed E-state index contributed by atoms with van der Waals surface area (Å²) in [5.74, 6) is 3.15. The lowest BCUT2D eigenvalue weighted by Crippen LogP contribution is -2.42. The Kier molecular flexibility index (Phi) is 6.07. The van der Waals surface area contributed by atoms with E-state index < -0.39 is 5.60 Å². The molecule has 1 aromatic heterocycles. The van der Waals surface area contributed by atoms with Crippen LogP contribution in [-0.4, -0.2) is 46.3 Å². The lowest BCUT2D eigenvalue weighted by Gasteiger charge is -2.33. The number of nitrogens with zero attached hydrogens (tertiary/aromatic N) is 4. The summed E-state index contributed by atoms with van der Waals surface area (Å²) in [5.41, 5.74) is -0.102. The monoisotopic (exact) mass is 386 g/mol. The number of likely N-dealkylation sites (tertiary alicyclic amines) is 1. The number of nitriles is 1. The maximum Gasteiger partial charge on any atom is 0.410 e. The molecule has 0 aromatic carbocycles. The fourth-order valence-corrected chi connectivity index (χ4v) is 4.00. The minimum atomic E-state index is -0.439. The molecule has 0 spiro atoms. The number of hydrogen-bond donors (Lipinski definition) is 0. The molecular weight excluding hydrogens is 356 g/mol. The number of amides is 1. The van der Waals surface area contributed by atoms with Gasteiger partial charge in [-0.3, -0.25) is 0 Å². The van der Waals surface area contributed by atoms with Crippen molar-refractivity contribution >= 4 is 6.09 Å². The Hall–Kier alpha value is -2.36. The van der Waals surface area contributed by atoms with Crippen LogP contribution in [0, 0.1) is 36.0 Å². The minimum Gasteiger partial charge on any atom is -0.478 e. The van der Waals surface area contributed by atoms with Crippen LogP contribution in [0.1, 0.15) is 58.0 Å². The highest BCUT2D eigenvalue weighted by atomic mass is 16.6. The first-order valence-corrected chi connectivity index (χ1v) is 10.1. The highest BCUT2D eigenvalue weighted by molar-refractivity contribution is 5.68. The molecule has 2 aliphatic rings. The second-order valence-corrected chi connectivity index (χ2v) is 8.85. The summed E-state index contributed by atoms with van der Waals surface area (Å²) in [6.45, 7) is 9.65. The fourth-order valence-electron chi connectivity index (χ4n) is 4.00. The van der Waals surface area contributed by atoms with E-state index in [1.54, 1.807) is 13.0 Å². The Balaban J connectivity index is 1.37. The summed E-state index contributed by atoms with van der Waals surface area (Å²) in [6.07, 6.45) is 4.16. The van der Waals surface area contributed by atoms with E-state index in [-0.39, 0.29) is 6.09 Å². The second kappa shape index (κ2) is 8.34. The second-order valence-electron chi connectivity index (χ2n) is 8.85. The number of rotatable bonds is 5. The molecule has 3 rings (SSSR count). The first-order valence-electron chi connectivity index (χ1n) is 10.1. The Morgan fingerprint density at radius 1 is 1.32 bits per heavy atom. The molecule has 0 N–H and O–H groups in total. The maximum atomic E-state index is 12.2. The van der Waals surface area contributed by atoms with Crippen molar-refractivity contribution in [2.24, 2.45) is 17.8 Å². The van der Waals surface area contributed by atoms with E-state index in [1.165, 1.54) is 6.42 Å². The fraction of sp³-hybridized carbons (Fsp3) is 0.714. The van der Waals surface area contributed by atoms with E-state index in [0.717, 1.165) is 38.3 Å². The van der Waals surface area contributed by atoms with E-state index in [2.05, 4.69) is 9.97 Å². The van der Waals surface area contributed by atoms with E-state index in [1.807, 2.05) is 31.7 Å². The summed E-state index contributed by atoms with van der Waals surface area (Å²) in [6, 6.07) is 3.61. The summed E-state index contributed by atoms with van der Waals surface area (Å²) >= 11 is 0. The Bertz CT molecular complexity index is 745. The molecule has 0 bridgehead atoms. The summed E-state index contributed by atoms with van der Waals surface area (Å²) in [7, 11) is 0. The van der Waals surface area contributed by atoms with E-state index in [9.17, 15) is 4.79 Å². The van der Waals surface area contributed by atoms with Gasteiger partial charge in [-0.05, 0) is 71.1 Å². The quantitative estimate of drug-likeness (QED) is 0.766. The number of aromatic nitrogens is 2. The molecule has 1 aliphatic heterocycles. The molecule has 1 aromatic rings. The van der Waals surface area contributed by atoms with Gasteiger partial charge in [0.1, 0.15) is 23.2 Å². The molecule has 7 nitrogen and oxygen atoms in total. The van der Waals surface area contributed by atoms with Gasteiger partial charge in [0.15, 0.2) is 0 Å². The third-order valence-corrected chi connectivity index (χ3v) is 5.44. The Morgan fingerprint density at radius 3 is 2.68 bits per heavy atom. The number of carbonyl (C=O) groups excluding carboxylic acids is 1. The van der Waals surface area contributed by atoms with Gasteiger partial charge in [0.25, 0.3) is 0 Å². The molecular formula is C21H30N4O3. The van der Waals surface area contributed by atoms with Gasteiger partial charge in [-0.25, -0.2) is 9.78 Å². The topological polar surface area (TPSA) is 88.3 Å². The predicted molar refractivity (Wildman–Crippen MR) is 104 cm³/mol. The van der Waals surface area contributed by atoms with Crippen LogP contribution in [0.5, 0.6) is 5.88 Å². The summed E-state index contributed by atoms with van der Waals surface area (Å²) in [5, 5.41) is 8.97. The number of hydrogen-bond acceptors (Lipinski definition) is 6. The van der Waals surface area contributed by atoms with E-state index in [4.69, 9.17) is 14.7 Å². The van der Waals surface area contributed by atoms with Crippen molar-refractivity contribution in [3.8, 4) is 11.9 Å².